The third kappa shape index (κ3) is 1.92. The molecule has 0 aliphatic rings. The lowest BCUT2D eigenvalue weighted by molar-refractivity contribution is -0.380. The van der Waals surface area contributed by atoms with Crippen LogP contribution < -0.4 is 0 Å². The monoisotopic (exact) mass is 256 g/mol. The Labute approximate surface area is 97.1 Å². The molecular formula is C8H4N2O4S2. The van der Waals surface area contributed by atoms with E-state index >= 15 is 0 Å². The molecule has 2 rings (SSSR count). The Balaban J connectivity index is 2.35. The molecular weight excluding hydrogens is 252 g/mol. The first-order valence-corrected chi connectivity index (χ1v) is 5.70. The van der Waals surface area contributed by atoms with Gasteiger partial charge in [-0.05, 0) is 12.1 Å². The molecule has 0 saturated carbocycles. The second kappa shape index (κ2) is 3.99. The predicted molar refractivity (Wildman–Crippen MR) is 60.9 cm³/mol. The summed E-state index contributed by atoms with van der Waals surface area (Å²) >= 11 is 2.02. The summed E-state index contributed by atoms with van der Waals surface area (Å²) in [5, 5.41) is 21.0. The zero-order valence-corrected chi connectivity index (χ0v) is 9.29. The lowest BCUT2D eigenvalue weighted by Crippen LogP contribution is -1.80. The van der Waals surface area contributed by atoms with Crippen molar-refractivity contribution in [2.24, 2.45) is 0 Å². The van der Waals surface area contributed by atoms with Gasteiger partial charge in [-0.15, -0.1) is 0 Å². The van der Waals surface area contributed by atoms with Crippen LogP contribution in [0.4, 0.5) is 10.0 Å². The summed E-state index contributed by atoms with van der Waals surface area (Å²) in [5.41, 5.74) is 0. The standard InChI is InChI=1S/C8H4N2O4S2/c11-9(12)7-3-1-5(15-7)6-2-4-8(16-6)10(13)14/h1-4H. The Morgan fingerprint density at radius 3 is 1.44 bits per heavy atom. The van der Waals surface area contributed by atoms with E-state index in [-0.39, 0.29) is 10.0 Å². The SMILES string of the molecule is O=[N+]([O-])c1ccc(-c2ccc([N+](=O)[O-])s2)s1. The largest absolute Gasteiger partial charge is 0.324 e. The highest BCUT2D eigenvalue weighted by atomic mass is 32.1. The average molecular weight is 256 g/mol. The van der Waals surface area contributed by atoms with Gasteiger partial charge in [-0.3, -0.25) is 20.2 Å². The number of nitro groups is 2. The van der Waals surface area contributed by atoms with E-state index in [1.54, 1.807) is 12.1 Å². The van der Waals surface area contributed by atoms with Crippen molar-refractivity contribution < 1.29 is 9.85 Å². The van der Waals surface area contributed by atoms with E-state index in [1.807, 2.05) is 0 Å². The molecule has 0 fully saturated rings. The maximum absolute atomic E-state index is 10.5. The first-order valence-electron chi connectivity index (χ1n) is 4.07. The molecule has 0 aliphatic heterocycles. The fourth-order valence-electron chi connectivity index (χ4n) is 1.12. The van der Waals surface area contributed by atoms with Gasteiger partial charge in [0.2, 0.25) is 0 Å². The second-order valence-electron chi connectivity index (χ2n) is 2.79. The third-order valence-corrected chi connectivity index (χ3v) is 4.06. The Morgan fingerprint density at radius 2 is 1.19 bits per heavy atom. The van der Waals surface area contributed by atoms with Gasteiger partial charge in [-0.2, -0.15) is 0 Å². The lowest BCUT2D eigenvalue weighted by atomic mass is 10.4. The highest BCUT2D eigenvalue weighted by Crippen LogP contribution is 2.38. The molecule has 0 saturated heterocycles. The van der Waals surface area contributed by atoms with Crippen molar-refractivity contribution in [3.05, 3.63) is 44.5 Å². The smallest absolute Gasteiger partial charge is 0.258 e. The third-order valence-electron chi connectivity index (χ3n) is 1.79. The van der Waals surface area contributed by atoms with Gasteiger partial charge in [0.15, 0.2) is 0 Å². The van der Waals surface area contributed by atoms with Crippen LogP contribution in [0.5, 0.6) is 0 Å². The molecule has 0 radical (unpaired) electrons. The Hall–Kier alpha value is -1.80. The van der Waals surface area contributed by atoms with Crippen molar-refractivity contribution in [1.29, 1.82) is 0 Å². The van der Waals surface area contributed by atoms with Crippen LogP contribution in [0.25, 0.3) is 9.75 Å². The molecule has 16 heavy (non-hydrogen) atoms. The van der Waals surface area contributed by atoms with Crippen molar-refractivity contribution in [2.45, 2.75) is 0 Å². The molecule has 6 nitrogen and oxygen atoms in total. The van der Waals surface area contributed by atoms with Crippen LogP contribution in [0.15, 0.2) is 24.3 Å². The lowest BCUT2D eigenvalue weighted by Gasteiger charge is -1.86. The molecule has 0 atom stereocenters. The van der Waals surface area contributed by atoms with E-state index in [1.165, 1.54) is 12.1 Å². The zero-order chi connectivity index (χ0) is 11.7. The fourth-order valence-corrected chi connectivity index (χ4v) is 2.85. The quantitative estimate of drug-likeness (QED) is 0.622. The van der Waals surface area contributed by atoms with Crippen LogP contribution >= 0.6 is 22.7 Å². The Kier molecular flexibility index (Phi) is 2.67. The first-order chi connectivity index (χ1) is 7.58. The van der Waals surface area contributed by atoms with Crippen molar-refractivity contribution in [3.63, 3.8) is 0 Å². The van der Waals surface area contributed by atoms with Crippen LogP contribution in [-0.2, 0) is 0 Å². The van der Waals surface area contributed by atoms with E-state index in [4.69, 9.17) is 0 Å². The summed E-state index contributed by atoms with van der Waals surface area (Å²) in [6.45, 7) is 0. The van der Waals surface area contributed by atoms with Gasteiger partial charge in [0.1, 0.15) is 0 Å². The minimum Gasteiger partial charge on any atom is -0.258 e. The number of hydrogen-bond acceptors (Lipinski definition) is 6. The molecule has 0 N–H and O–H groups in total. The summed E-state index contributed by atoms with van der Waals surface area (Å²) in [6.07, 6.45) is 0. The van der Waals surface area contributed by atoms with Crippen molar-refractivity contribution in [2.75, 3.05) is 0 Å². The van der Waals surface area contributed by atoms with Crippen molar-refractivity contribution >= 4 is 32.7 Å². The van der Waals surface area contributed by atoms with E-state index in [0.29, 0.717) is 9.75 Å². The van der Waals surface area contributed by atoms with Gasteiger partial charge in [0.25, 0.3) is 0 Å². The van der Waals surface area contributed by atoms with Crippen LogP contribution in [0.2, 0.25) is 0 Å². The molecule has 2 heterocycles. The molecule has 0 bridgehead atoms. The molecule has 0 amide bonds. The normalized spacial score (nSPS) is 10.2. The van der Waals surface area contributed by atoms with Crippen LogP contribution in [0.1, 0.15) is 0 Å². The summed E-state index contributed by atoms with van der Waals surface area (Å²) in [7, 11) is 0. The Morgan fingerprint density at radius 1 is 0.812 bits per heavy atom. The topological polar surface area (TPSA) is 86.3 Å². The zero-order valence-electron chi connectivity index (χ0n) is 7.65. The summed E-state index contributed by atoms with van der Waals surface area (Å²) in [5.74, 6) is 0. The van der Waals surface area contributed by atoms with Crippen LogP contribution in [-0.4, -0.2) is 9.85 Å². The van der Waals surface area contributed by atoms with E-state index in [0.717, 1.165) is 22.7 Å². The number of rotatable bonds is 3. The van der Waals surface area contributed by atoms with Gasteiger partial charge >= 0.3 is 10.0 Å². The van der Waals surface area contributed by atoms with Gasteiger partial charge < -0.3 is 0 Å². The van der Waals surface area contributed by atoms with Gasteiger partial charge in [0, 0.05) is 12.1 Å². The molecule has 0 spiro atoms. The summed E-state index contributed by atoms with van der Waals surface area (Å²) in [6, 6.07) is 5.98. The molecule has 2 aromatic rings. The van der Waals surface area contributed by atoms with Crippen molar-refractivity contribution in [3.8, 4) is 9.75 Å². The molecule has 0 aliphatic carbocycles. The van der Waals surface area contributed by atoms with Gasteiger partial charge in [0.05, 0.1) is 19.6 Å². The highest BCUT2D eigenvalue weighted by Gasteiger charge is 2.15. The number of nitrogens with zero attached hydrogens (tertiary/aromatic N) is 2. The fraction of sp³-hybridized carbons (Fsp3) is 0. The molecule has 8 heteroatoms. The van der Waals surface area contributed by atoms with Gasteiger partial charge in [-0.1, -0.05) is 22.7 Å². The van der Waals surface area contributed by atoms with Crippen molar-refractivity contribution in [1.82, 2.24) is 0 Å². The maximum Gasteiger partial charge on any atom is 0.324 e. The molecule has 82 valence electrons. The number of hydrogen-bond donors (Lipinski definition) is 0. The number of thiophene rings is 2. The van der Waals surface area contributed by atoms with E-state index in [2.05, 4.69) is 0 Å². The van der Waals surface area contributed by atoms with Crippen LogP contribution in [0.3, 0.4) is 0 Å². The highest BCUT2D eigenvalue weighted by molar-refractivity contribution is 7.25. The minimum absolute atomic E-state index is 0.0334. The molecule has 0 aromatic carbocycles. The molecule has 0 unspecified atom stereocenters. The second-order valence-corrected chi connectivity index (χ2v) is 4.91. The van der Waals surface area contributed by atoms with Gasteiger partial charge in [-0.25, -0.2) is 0 Å². The van der Waals surface area contributed by atoms with E-state index < -0.39 is 9.85 Å². The first kappa shape index (κ1) is 10.7. The van der Waals surface area contributed by atoms with E-state index in [9.17, 15) is 20.2 Å². The minimum atomic E-state index is -0.476. The molecule has 2 aromatic heterocycles. The summed E-state index contributed by atoms with van der Waals surface area (Å²) in [4.78, 5) is 21.3. The summed E-state index contributed by atoms with van der Waals surface area (Å²) < 4.78 is 0. The average Bonchev–Trinajstić information content (AvgIpc) is 2.86. The van der Waals surface area contributed by atoms with Crippen LogP contribution in [0, 0.1) is 20.2 Å². The predicted octanol–water partition coefficient (Wildman–Crippen LogP) is 3.29. The maximum atomic E-state index is 10.5. The Bertz CT molecular complexity index is 510.